The predicted octanol–water partition coefficient (Wildman–Crippen LogP) is 2.07. The number of methoxy groups -OCH3 is 1. The van der Waals surface area contributed by atoms with E-state index < -0.39 is 22.3 Å². The number of piperazine rings is 1. The summed E-state index contributed by atoms with van der Waals surface area (Å²) in [5.74, 6) is 1.11. The third kappa shape index (κ3) is 4.92. The fraction of sp³-hybridized carbons (Fsp3) is 0.522. The molecule has 5 rings (SSSR count). The van der Waals surface area contributed by atoms with Crippen LogP contribution in [0.4, 0.5) is 20.4 Å². The van der Waals surface area contributed by atoms with Crippen molar-refractivity contribution < 1.29 is 26.7 Å². The van der Waals surface area contributed by atoms with Crippen LogP contribution in [0.3, 0.4) is 0 Å². The molecule has 0 aliphatic carbocycles. The summed E-state index contributed by atoms with van der Waals surface area (Å²) < 4.78 is 66.6. The molecule has 2 saturated heterocycles. The molecular weight excluding hydrogens is 508 g/mol. The largest absolute Gasteiger partial charge is 0.494 e. The Morgan fingerprint density at radius 1 is 1.00 bits per heavy atom. The van der Waals surface area contributed by atoms with E-state index in [2.05, 4.69) is 15.0 Å². The molecule has 2 aliphatic heterocycles. The average Bonchev–Trinajstić information content (AvgIpc) is 3.34. The highest BCUT2D eigenvalue weighted by atomic mass is 32.2. The number of benzene rings is 1. The highest BCUT2D eigenvalue weighted by molar-refractivity contribution is 7.89. The van der Waals surface area contributed by atoms with Crippen molar-refractivity contribution in [2.45, 2.75) is 13.3 Å². The Kier molecular flexibility index (Phi) is 7.14. The van der Waals surface area contributed by atoms with Gasteiger partial charge >= 0.3 is 0 Å². The van der Waals surface area contributed by atoms with Crippen LogP contribution in [-0.2, 0) is 14.8 Å². The van der Waals surface area contributed by atoms with E-state index in [9.17, 15) is 17.2 Å². The summed E-state index contributed by atoms with van der Waals surface area (Å²) in [4.78, 5) is 17.5. The van der Waals surface area contributed by atoms with Crippen LogP contribution in [0.25, 0.3) is 17.0 Å². The first-order valence-corrected chi connectivity index (χ1v) is 13.7. The van der Waals surface area contributed by atoms with Crippen molar-refractivity contribution >= 4 is 32.7 Å². The molecule has 14 heteroatoms. The zero-order valence-electron chi connectivity index (χ0n) is 20.7. The molecule has 4 heterocycles. The Bertz CT molecular complexity index is 1370. The number of rotatable bonds is 7. The van der Waals surface area contributed by atoms with Crippen LogP contribution in [0.5, 0.6) is 5.75 Å². The third-order valence-electron chi connectivity index (χ3n) is 6.63. The van der Waals surface area contributed by atoms with Crippen LogP contribution < -0.4 is 14.5 Å². The summed E-state index contributed by atoms with van der Waals surface area (Å²) >= 11 is 0. The molecule has 2 aliphatic rings. The number of fused-ring (bicyclic) bond motifs is 1. The third-order valence-corrected chi connectivity index (χ3v) is 8.51. The van der Waals surface area contributed by atoms with Crippen molar-refractivity contribution in [2.75, 3.05) is 75.1 Å². The second kappa shape index (κ2) is 10.3. The highest BCUT2D eigenvalue weighted by Crippen LogP contribution is 2.33. The van der Waals surface area contributed by atoms with Gasteiger partial charge < -0.3 is 19.3 Å². The van der Waals surface area contributed by atoms with Crippen molar-refractivity contribution in [1.82, 2.24) is 23.8 Å². The van der Waals surface area contributed by atoms with Crippen LogP contribution in [0, 0.1) is 0 Å². The van der Waals surface area contributed by atoms with Gasteiger partial charge in [-0.3, -0.25) is 4.57 Å². The molecule has 0 unspecified atom stereocenters. The van der Waals surface area contributed by atoms with Gasteiger partial charge in [-0.05, 0) is 19.1 Å². The van der Waals surface area contributed by atoms with Gasteiger partial charge in [-0.1, -0.05) is 6.07 Å². The van der Waals surface area contributed by atoms with Gasteiger partial charge in [-0.15, -0.1) is 0 Å². The van der Waals surface area contributed by atoms with Gasteiger partial charge in [-0.2, -0.15) is 14.3 Å². The Morgan fingerprint density at radius 3 is 2.24 bits per heavy atom. The van der Waals surface area contributed by atoms with Gasteiger partial charge in [0.2, 0.25) is 16.0 Å². The number of alkyl halides is 2. The highest BCUT2D eigenvalue weighted by Gasteiger charge is 2.29. The SMILES string of the molecule is CCS(=O)(=O)N1CCN(c2cc(N3CCOCC3)nc(-n3c(C(F)F)nc4c(OC)cccc43)n2)CC1. The number of sulfonamides is 1. The molecule has 200 valence electrons. The number of ether oxygens (including phenoxy) is 2. The van der Waals surface area contributed by atoms with Crippen LogP contribution >= 0.6 is 0 Å². The fourth-order valence-electron chi connectivity index (χ4n) is 4.62. The molecule has 0 atom stereocenters. The number of hydrogen-bond donors (Lipinski definition) is 0. The number of hydrogen-bond acceptors (Lipinski definition) is 9. The number of aromatic nitrogens is 4. The van der Waals surface area contributed by atoms with Gasteiger partial charge in [0, 0.05) is 45.3 Å². The van der Waals surface area contributed by atoms with E-state index in [1.54, 1.807) is 25.1 Å². The van der Waals surface area contributed by atoms with E-state index in [0.717, 1.165) is 0 Å². The number of nitrogens with zero attached hydrogens (tertiary/aromatic N) is 7. The first-order chi connectivity index (χ1) is 17.8. The molecule has 0 saturated carbocycles. The molecule has 0 N–H and O–H groups in total. The minimum Gasteiger partial charge on any atom is -0.494 e. The van der Waals surface area contributed by atoms with Crippen molar-refractivity contribution in [3.05, 3.63) is 30.1 Å². The first kappa shape index (κ1) is 25.5. The number of halogens is 2. The summed E-state index contributed by atoms with van der Waals surface area (Å²) in [6, 6.07) is 6.86. The Balaban J connectivity index is 1.61. The zero-order chi connectivity index (χ0) is 26.2. The lowest BCUT2D eigenvalue weighted by atomic mass is 10.3. The van der Waals surface area contributed by atoms with E-state index in [-0.39, 0.29) is 11.7 Å². The lowest BCUT2D eigenvalue weighted by molar-refractivity contribution is 0.122. The van der Waals surface area contributed by atoms with Crippen molar-refractivity contribution in [1.29, 1.82) is 0 Å². The van der Waals surface area contributed by atoms with Crippen LogP contribution in [0.15, 0.2) is 24.3 Å². The van der Waals surface area contributed by atoms with E-state index in [0.29, 0.717) is 80.9 Å². The average molecular weight is 538 g/mol. The molecule has 37 heavy (non-hydrogen) atoms. The van der Waals surface area contributed by atoms with Gasteiger partial charge in [0.15, 0.2) is 5.82 Å². The standard InChI is InChI=1S/C23H29F2N7O4S/c1-3-37(33,34)31-9-7-29(8-10-31)18-15-19(30-11-13-36-14-12-30)27-23(26-18)32-16-5-4-6-17(35-2)20(16)28-22(32)21(24)25/h4-6,15,21H,3,7-14H2,1-2H3. The minimum absolute atomic E-state index is 0.0411. The minimum atomic E-state index is -3.30. The monoisotopic (exact) mass is 537 g/mol. The number of imidazole rings is 1. The lowest BCUT2D eigenvalue weighted by Gasteiger charge is -2.35. The Hall–Kier alpha value is -3.10. The summed E-state index contributed by atoms with van der Waals surface area (Å²) in [5.41, 5.74) is 0.694. The van der Waals surface area contributed by atoms with Crippen molar-refractivity contribution in [3.8, 4) is 11.7 Å². The quantitative estimate of drug-likeness (QED) is 0.448. The number of morpholine rings is 1. The van der Waals surface area contributed by atoms with Gasteiger partial charge in [0.25, 0.3) is 6.43 Å². The maximum atomic E-state index is 14.2. The van der Waals surface area contributed by atoms with Gasteiger partial charge in [0.05, 0.1) is 31.6 Å². The van der Waals surface area contributed by atoms with E-state index in [1.165, 1.54) is 16.0 Å². The van der Waals surface area contributed by atoms with Gasteiger partial charge in [0.1, 0.15) is 22.9 Å². The number of anilines is 2. The first-order valence-electron chi connectivity index (χ1n) is 12.1. The van der Waals surface area contributed by atoms with Crippen LogP contribution in [0.2, 0.25) is 0 Å². The smallest absolute Gasteiger partial charge is 0.296 e. The second-order valence-electron chi connectivity index (χ2n) is 8.70. The number of para-hydroxylation sites is 1. The van der Waals surface area contributed by atoms with Crippen LogP contribution in [-0.4, -0.2) is 97.6 Å². The van der Waals surface area contributed by atoms with Crippen molar-refractivity contribution in [2.24, 2.45) is 0 Å². The van der Waals surface area contributed by atoms with E-state index in [4.69, 9.17) is 9.47 Å². The Labute approximate surface area is 213 Å². The molecule has 2 fully saturated rings. The molecule has 2 aromatic heterocycles. The van der Waals surface area contributed by atoms with E-state index >= 15 is 0 Å². The molecule has 11 nitrogen and oxygen atoms in total. The summed E-state index contributed by atoms with van der Waals surface area (Å²) in [7, 11) is -1.84. The Morgan fingerprint density at radius 2 is 1.65 bits per heavy atom. The zero-order valence-corrected chi connectivity index (χ0v) is 21.5. The topological polar surface area (TPSA) is 106 Å². The lowest BCUT2D eigenvalue weighted by Crippen LogP contribution is -2.49. The van der Waals surface area contributed by atoms with E-state index in [1.807, 2.05) is 15.9 Å². The molecule has 3 aromatic rings. The molecule has 0 amide bonds. The molecule has 0 bridgehead atoms. The maximum absolute atomic E-state index is 14.2. The summed E-state index contributed by atoms with van der Waals surface area (Å²) in [6.45, 7) is 5.32. The maximum Gasteiger partial charge on any atom is 0.296 e. The molecule has 0 spiro atoms. The van der Waals surface area contributed by atoms with Crippen LogP contribution in [0.1, 0.15) is 19.2 Å². The molecule has 1 aromatic carbocycles. The second-order valence-corrected chi connectivity index (χ2v) is 11.0. The van der Waals surface area contributed by atoms with Crippen molar-refractivity contribution in [3.63, 3.8) is 0 Å². The fourth-order valence-corrected chi connectivity index (χ4v) is 5.70. The van der Waals surface area contributed by atoms with Gasteiger partial charge in [-0.25, -0.2) is 22.2 Å². The summed E-state index contributed by atoms with van der Waals surface area (Å²) in [5, 5.41) is 0. The molecular formula is C23H29F2N7O4S. The molecule has 0 radical (unpaired) electrons. The predicted molar refractivity (Wildman–Crippen MR) is 134 cm³/mol. The summed E-state index contributed by atoms with van der Waals surface area (Å²) in [6.07, 6.45) is -2.88. The normalized spacial score (nSPS) is 17.6.